The van der Waals surface area contributed by atoms with Gasteiger partial charge in [0.2, 0.25) is 5.89 Å². The first-order chi connectivity index (χ1) is 10.2. The third-order valence-corrected chi connectivity index (χ3v) is 3.75. The number of benzene rings is 1. The Kier molecular flexibility index (Phi) is 4.24. The number of hydrogen-bond donors (Lipinski definition) is 1. The molecule has 6 heteroatoms. The third-order valence-electron chi connectivity index (χ3n) is 3.75. The third kappa shape index (κ3) is 3.44. The van der Waals surface area contributed by atoms with Crippen molar-refractivity contribution in [1.82, 2.24) is 15.5 Å². The van der Waals surface area contributed by atoms with Crippen LogP contribution in [0.5, 0.6) is 0 Å². The Bertz CT molecular complexity index is 609. The van der Waals surface area contributed by atoms with E-state index in [-0.39, 0.29) is 12.0 Å². The van der Waals surface area contributed by atoms with Crippen molar-refractivity contribution in [1.29, 1.82) is 0 Å². The van der Waals surface area contributed by atoms with Gasteiger partial charge >= 0.3 is 0 Å². The first kappa shape index (κ1) is 14.1. The second kappa shape index (κ2) is 6.30. The highest BCUT2D eigenvalue weighted by atomic mass is 19.2. The molecule has 0 amide bonds. The molecule has 1 aromatic carbocycles. The van der Waals surface area contributed by atoms with Crippen LogP contribution in [0, 0.1) is 17.6 Å². The topological polar surface area (TPSA) is 51.0 Å². The molecule has 0 radical (unpaired) electrons. The lowest BCUT2D eigenvalue weighted by Crippen LogP contribution is -2.31. The van der Waals surface area contributed by atoms with Gasteiger partial charge in [-0.05, 0) is 37.9 Å². The van der Waals surface area contributed by atoms with Crippen LogP contribution >= 0.6 is 0 Å². The van der Waals surface area contributed by atoms with Crippen LogP contribution in [0.1, 0.15) is 30.1 Å². The van der Waals surface area contributed by atoms with Gasteiger partial charge in [-0.1, -0.05) is 17.3 Å². The van der Waals surface area contributed by atoms with Crippen molar-refractivity contribution in [2.45, 2.75) is 25.7 Å². The molecule has 3 rings (SSSR count). The number of rotatable bonds is 4. The molecule has 0 saturated carbocycles. The first-order valence-corrected chi connectivity index (χ1v) is 7.17. The normalized spacial score (nSPS) is 18.9. The van der Waals surface area contributed by atoms with E-state index in [1.165, 1.54) is 12.1 Å². The molecule has 1 aromatic heterocycles. The quantitative estimate of drug-likeness (QED) is 0.941. The van der Waals surface area contributed by atoms with E-state index in [0.29, 0.717) is 17.6 Å². The summed E-state index contributed by atoms with van der Waals surface area (Å²) in [6, 6.07) is 4.08. The molecule has 1 unspecified atom stereocenters. The summed E-state index contributed by atoms with van der Waals surface area (Å²) in [5.74, 6) is -0.252. The van der Waals surface area contributed by atoms with E-state index in [2.05, 4.69) is 15.5 Å². The number of hydrogen-bond acceptors (Lipinski definition) is 4. The molecule has 1 aliphatic rings. The summed E-state index contributed by atoms with van der Waals surface area (Å²) in [5.41, 5.74) is 0.226. The van der Waals surface area contributed by atoms with Crippen LogP contribution in [0.4, 0.5) is 8.78 Å². The van der Waals surface area contributed by atoms with Gasteiger partial charge in [0.15, 0.2) is 17.5 Å². The van der Waals surface area contributed by atoms with Crippen molar-refractivity contribution in [2.75, 3.05) is 13.1 Å². The van der Waals surface area contributed by atoms with Gasteiger partial charge in [-0.15, -0.1) is 0 Å². The van der Waals surface area contributed by atoms with E-state index in [9.17, 15) is 8.78 Å². The molecular formula is C15H17F2N3O. The van der Waals surface area contributed by atoms with Gasteiger partial charge in [0.25, 0.3) is 0 Å². The Morgan fingerprint density at radius 3 is 3.05 bits per heavy atom. The second-order valence-electron chi connectivity index (χ2n) is 5.41. The van der Waals surface area contributed by atoms with Gasteiger partial charge in [0.05, 0.1) is 6.42 Å². The van der Waals surface area contributed by atoms with E-state index in [1.807, 2.05) is 0 Å². The van der Waals surface area contributed by atoms with Crippen molar-refractivity contribution in [3.8, 4) is 0 Å². The number of nitrogens with zero attached hydrogens (tertiary/aromatic N) is 2. The zero-order valence-corrected chi connectivity index (χ0v) is 11.6. The first-order valence-electron chi connectivity index (χ1n) is 7.17. The monoisotopic (exact) mass is 293 g/mol. The molecule has 0 bridgehead atoms. The van der Waals surface area contributed by atoms with Crippen LogP contribution in [0.25, 0.3) is 0 Å². The lowest BCUT2D eigenvalue weighted by Gasteiger charge is -2.20. The highest BCUT2D eigenvalue weighted by Gasteiger charge is 2.18. The van der Waals surface area contributed by atoms with Crippen molar-refractivity contribution in [2.24, 2.45) is 5.92 Å². The van der Waals surface area contributed by atoms with Gasteiger partial charge < -0.3 is 9.84 Å². The van der Waals surface area contributed by atoms with Crippen molar-refractivity contribution in [3.05, 3.63) is 47.1 Å². The fourth-order valence-corrected chi connectivity index (χ4v) is 2.65. The number of aromatic nitrogens is 2. The fraction of sp³-hybridized carbons (Fsp3) is 0.467. The second-order valence-corrected chi connectivity index (χ2v) is 5.41. The Morgan fingerprint density at radius 2 is 2.24 bits per heavy atom. The molecule has 21 heavy (non-hydrogen) atoms. The summed E-state index contributed by atoms with van der Waals surface area (Å²) in [4.78, 5) is 4.28. The van der Waals surface area contributed by atoms with Crippen LogP contribution in [-0.4, -0.2) is 23.2 Å². The Balaban J connectivity index is 1.66. The van der Waals surface area contributed by atoms with Crippen LogP contribution < -0.4 is 5.32 Å². The maximum absolute atomic E-state index is 13.6. The Hall–Kier alpha value is -1.82. The molecule has 0 aliphatic carbocycles. The van der Waals surface area contributed by atoms with Gasteiger partial charge in [0, 0.05) is 12.0 Å². The summed E-state index contributed by atoms with van der Waals surface area (Å²) in [6.07, 6.45) is 3.17. The Labute approximate surface area is 121 Å². The fourth-order valence-electron chi connectivity index (χ4n) is 2.65. The minimum Gasteiger partial charge on any atom is -0.339 e. The molecular weight excluding hydrogens is 276 g/mol. The molecule has 4 nitrogen and oxygen atoms in total. The molecule has 2 heterocycles. The average molecular weight is 293 g/mol. The van der Waals surface area contributed by atoms with E-state index in [4.69, 9.17) is 4.52 Å². The smallest absolute Gasteiger partial charge is 0.231 e. The standard InChI is InChI=1S/C15H17F2N3O/c16-12-5-1-4-11(15(12)17)8-14-19-13(20-21-14)7-10-3-2-6-18-9-10/h1,4-5,10,18H,2-3,6-9H2. The van der Waals surface area contributed by atoms with Gasteiger partial charge in [-0.2, -0.15) is 4.98 Å². The summed E-state index contributed by atoms with van der Waals surface area (Å²) in [5, 5.41) is 7.27. The predicted octanol–water partition coefficient (Wildman–Crippen LogP) is 2.48. The molecule has 1 saturated heterocycles. The zero-order valence-electron chi connectivity index (χ0n) is 11.6. The molecule has 1 atom stereocenters. The number of nitrogens with one attached hydrogen (secondary N) is 1. The molecule has 2 aromatic rings. The Morgan fingerprint density at radius 1 is 1.33 bits per heavy atom. The highest BCUT2D eigenvalue weighted by molar-refractivity contribution is 5.21. The minimum atomic E-state index is -0.861. The van der Waals surface area contributed by atoms with E-state index >= 15 is 0 Å². The maximum Gasteiger partial charge on any atom is 0.231 e. The SMILES string of the molecule is Fc1cccc(Cc2nc(CC3CCCNC3)no2)c1F. The van der Waals surface area contributed by atoms with Crippen LogP contribution in [0.3, 0.4) is 0 Å². The highest BCUT2D eigenvalue weighted by Crippen LogP contribution is 2.17. The minimum absolute atomic E-state index is 0.111. The molecule has 1 aliphatic heterocycles. The van der Waals surface area contributed by atoms with E-state index < -0.39 is 11.6 Å². The molecule has 112 valence electrons. The van der Waals surface area contributed by atoms with Gasteiger partial charge in [-0.25, -0.2) is 8.78 Å². The van der Waals surface area contributed by atoms with Crippen molar-refractivity contribution in [3.63, 3.8) is 0 Å². The lowest BCUT2D eigenvalue weighted by atomic mass is 9.96. The molecule has 0 spiro atoms. The number of piperidine rings is 1. The average Bonchev–Trinajstić information content (AvgIpc) is 2.92. The van der Waals surface area contributed by atoms with E-state index in [1.54, 1.807) is 0 Å². The maximum atomic E-state index is 13.6. The van der Waals surface area contributed by atoms with Crippen molar-refractivity contribution >= 4 is 0 Å². The molecule has 1 fully saturated rings. The van der Waals surface area contributed by atoms with E-state index in [0.717, 1.165) is 38.4 Å². The lowest BCUT2D eigenvalue weighted by molar-refractivity contribution is 0.351. The zero-order chi connectivity index (χ0) is 14.7. The summed E-state index contributed by atoms with van der Waals surface area (Å²) in [7, 11) is 0. The van der Waals surface area contributed by atoms with Crippen LogP contribution in [0.15, 0.2) is 22.7 Å². The molecule has 1 N–H and O–H groups in total. The number of halogens is 2. The van der Waals surface area contributed by atoms with Gasteiger partial charge in [-0.3, -0.25) is 0 Å². The largest absolute Gasteiger partial charge is 0.339 e. The van der Waals surface area contributed by atoms with Crippen LogP contribution in [-0.2, 0) is 12.8 Å². The summed E-state index contributed by atoms with van der Waals surface area (Å²) >= 11 is 0. The predicted molar refractivity (Wildman–Crippen MR) is 72.8 cm³/mol. The van der Waals surface area contributed by atoms with Crippen molar-refractivity contribution < 1.29 is 13.3 Å². The summed E-state index contributed by atoms with van der Waals surface area (Å²) in [6.45, 7) is 2.02. The van der Waals surface area contributed by atoms with Gasteiger partial charge in [0.1, 0.15) is 0 Å². The van der Waals surface area contributed by atoms with Crippen LogP contribution in [0.2, 0.25) is 0 Å². The summed E-state index contributed by atoms with van der Waals surface area (Å²) < 4.78 is 31.9.